The Kier molecular flexibility index (Phi) is 11.5. The SMILES string of the molecule is C.CC(C)(C)OC(=O)CCC1CCN(S(C)(=O)=O)C1.CS(=O)(=O)N1CCC(CN)C1. The molecule has 2 N–H and O–H groups in total. The van der Waals surface area contributed by atoms with Gasteiger partial charge in [0.05, 0.1) is 12.5 Å². The summed E-state index contributed by atoms with van der Waals surface area (Å²) in [6.07, 6.45) is 5.26. The maximum atomic E-state index is 11.5. The van der Waals surface area contributed by atoms with Gasteiger partial charge in [-0.25, -0.2) is 25.4 Å². The fourth-order valence-corrected chi connectivity index (χ4v) is 5.18. The number of hydrogen-bond donors (Lipinski definition) is 1. The second-order valence-corrected chi connectivity index (χ2v) is 12.9. The highest BCUT2D eigenvalue weighted by Crippen LogP contribution is 2.23. The minimum absolute atomic E-state index is 0. The summed E-state index contributed by atoms with van der Waals surface area (Å²) in [4.78, 5) is 11.5. The van der Waals surface area contributed by atoms with Crippen molar-refractivity contribution in [2.75, 3.05) is 45.2 Å². The van der Waals surface area contributed by atoms with Crippen LogP contribution in [0.25, 0.3) is 0 Å². The molecule has 2 unspecified atom stereocenters. The van der Waals surface area contributed by atoms with E-state index < -0.39 is 25.6 Å². The molecule has 11 heteroatoms. The van der Waals surface area contributed by atoms with Crippen LogP contribution in [0.15, 0.2) is 0 Å². The summed E-state index contributed by atoms with van der Waals surface area (Å²) in [5.41, 5.74) is 4.96. The van der Waals surface area contributed by atoms with Gasteiger partial charge < -0.3 is 10.5 Å². The Morgan fingerprint density at radius 2 is 1.40 bits per heavy atom. The van der Waals surface area contributed by atoms with E-state index in [4.69, 9.17) is 10.5 Å². The van der Waals surface area contributed by atoms with E-state index in [1.165, 1.54) is 21.1 Å². The fourth-order valence-electron chi connectivity index (χ4n) is 3.34. The molecule has 2 rings (SSSR count). The molecule has 2 atom stereocenters. The highest BCUT2D eigenvalue weighted by Gasteiger charge is 2.29. The van der Waals surface area contributed by atoms with Crippen LogP contribution in [0, 0.1) is 11.8 Å². The van der Waals surface area contributed by atoms with Crippen molar-refractivity contribution in [1.29, 1.82) is 0 Å². The molecule has 0 spiro atoms. The average molecular weight is 472 g/mol. The first-order valence-corrected chi connectivity index (χ1v) is 13.6. The molecule has 0 amide bonds. The van der Waals surface area contributed by atoms with Crippen molar-refractivity contribution < 1.29 is 26.4 Å². The first kappa shape index (κ1) is 29.2. The number of carbonyl (C=O) groups is 1. The maximum absolute atomic E-state index is 11.5. The Bertz CT molecular complexity index is 747. The third-order valence-electron chi connectivity index (χ3n) is 4.95. The molecule has 2 aliphatic rings. The molecular weight excluding hydrogens is 430 g/mol. The quantitative estimate of drug-likeness (QED) is 0.578. The van der Waals surface area contributed by atoms with Gasteiger partial charge in [0.1, 0.15) is 5.60 Å². The van der Waals surface area contributed by atoms with E-state index in [-0.39, 0.29) is 19.3 Å². The number of sulfonamides is 2. The van der Waals surface area contributed by atoms with Gasteiger partial charge in [0, 0.05) is 32.6 Å². The van der Waals surface area contributed by atoms with Crippen LogP contribution in [0.3, 0.4) is 0 Å². The largest absolute Gasteiger partial charge is 0.460 e. The zero-order chi connectivity index (χ0) is 22.5. The number of hydrogen-bond acceptors (Lipinski definition) is 7. The van der Waals surface area contributed by atoms with Crippen LogP contribution in [-0.4, -0.2) is 82.3 Å². The lowest BCUT2D eigenvalue weighted by molar-refractivity contribution is -0.155. The minimum atomic E-state index is -3.09. The summed E-state index contributed by atoms with van der Waals surface area (Å²) < 4.78 is 52.8. The average Bonchev–Trinajstić information content (AvgIpc) is 3.20. The van der Waals surface area contributed by atoms with E-state index in [0.29, 0.717) is 51.5 Å². The summed E-state index contributed by atoms with van der Waals surface area (Å²) in [6.45, 7) is 8.45. The third-order valence-corrected chi connectivity index (χ3v) is 7.48. The van der Waals surface area contributed by atoms with Gasteiger partial charge in [0.15, 0.2) is 0 Å². The van der Waals surface area contributed by atoms with Crippen molar-refractivity contribution in [2.45, 2.75) is 59.5 Å². The first-order chi connectivity index (χ1) is 13.1. The lowest BCUT2D eigenvalue weighted by Gasteiger charge is -2.20. The summed E-state index contributed by atoms with van der Waals surface area (Å²) >= 11 is 0. The molecule has 0 aliphatic carbocycles. The monoisotopic (exact) mass is 471 g/mol. The lowest BCUT2D eigenvalue weighted by Crippen LogP contribution is -2.28. The number of nitrogens with zero attached hydrogens (tertiary/aromatic N) is 2. The van der Waals surface area contributed by atoms with Crippen LogP contribution in [0.5, 0.6) is 0 Å². The van der Waals surface area contributed by atoms with Gasteiger partial charge in [-0.3, -0.25) is 4.79 Å². The van der Waals surface area contributed by atoms with Crippen LogP contribution in [0.1, 0.15) is 53.9 Å². The Balaban J connectivity index is 0.000000603. The number of ether oxygens (including phenoxy) is 1. The molecular formula is C19H41N3O6S2. The van der Waals surface area contributed by atoms with Crippen LogP contribution >= 0.6 is 0 Å². The maximum Gasteiger partial charge on any atom is 0.306 e. The summed E-state index contributed by atoms with van der Waals surface area (Å²) in [5.74, 6) is 0.428. The molecule has 2 heterocycles. The highest BCUT2D eigenvalue weighted by molar-refractivity contribution is 7.88. The summed E-state index contributed by atoms with van der Waals surface area (Å²) in [6, 6.07) is 0. The predicted molar refractivity (Wildman–Crippen MR) is 120 cm³/mol. The smallest absolute Gasteiger partial charge is 0.306 e. The van der Waals surface area contributed by atoms with Crippen molar-refractivity contribution >= 4 is 26.0 Å². The van der Waals surface area contributed by atoms with Crippen LogP contribution in [0.4, 0.5) is 0 Å². The molecule has 0 radical (unpaired) electrons. The summed E-state index contributed by atoms with van der Waals surface area (Å²) in [7, 11) is -6.05. The number of carbonyl (C=O) groups excluding carboxylic acids is 1. The van der Waals surface area contributed by atoms with Gasteiger partial charge in [0.25, 0.3) is 0 Å². The number of rotatable bonds is 6. The van der Waals surface area contributed by atoms with E-state index in [1.54, 1.807) is 0 Å². The summed E-state index contributed by atoms with van der Waals surface area (Å²) in [5, 5.41) is 0. The first-order valence-electron chi connectivity index (χ1n) is 9.94. The zero-order valence-corrected chi connectivity index (χ0v) is 19.9. The second-order valence-electron chi connectivity index (χ2n) is 8.91. The van der Waals surface area contributed by atoms with E-state index in [9.17, 15) is 21.6 Å². The van der Waals surface area contributed by atoms with Crippen LogP contribution < -0.4 is 5.73 Å². The van der Waals surface area contributed by atoms with Crippen molar-refractivity contribution in [3.05, 3.63) is 0 Å². The minimum Gasteiger partial charge on any atom is -0.460 e. The van der Waals surface area contributed by atoms with Crippen molar-refractivity contribution in [1.82, 2.24) is 8.61 Å². The molecule has 0 saturated carbocycles. The Hall–Kier alpha value is -0.750. The van der Waals surface area contributed by atoms with Crippen molar-refractivity contribution in [2.24, 2.45) is 17.6 Å². The highest BCUT2D eigenvalue weighted by atomic mass is 32.2. The third kappa shape index (κ3) is 11.0. The van der Waals surface area contributed by atoms with Gasteiger partial charge >= 0.3 is 5.97 Å². The lowest BCUT2D eigenvalue weighted by atomic mass is 10.0. The molecule has 0 aromatic heterocycles. The normalized spacial score (nSPS) is 23.4. The van der Waals surface area contributed by atoms with Crippen LogP contribution in [0.2, 0.25) is 0 Å². The Labute approximate surface area is 183 Å². The number of nitrogens with two attached hydrogens (primary N) is 1. The molecule has 2 aliphatic heterocycles. The van der Waals surface area contributed by atoms with Gasteiger partial charge in [-0.1, -0.05) is 7.43 Å². The van der Waals surface area contributed by atoms with Gasteiger partial charge in [-0.05, 0) is 58.4 Å². The van der Waals surface area contributed by atoms with E-state index >= 15 is 0 Å². The molecule has 0 aromatic carbocycles. The number of esters is 1. The van der Waals surface area contributed by atoms with E-state index in [0.717, 1.165) is 12.8 Å². The van der Waals surface area contributed by atoms with Crippen molar-refractivity contribution in [3.63, 3.8) is 0 Å². The van der Waals surface area contributed by atoms with Crippen molar-refractivity contribution in [3.8, 4) is 0 Å². The van der Waals surface area contributed by atoms with E-state index in [2.05, 4.69) is 0 Å². The van der Waals surface area contributed by atoms with Crippen LogP contribution in [-0.2, 0) is 29.6 Å². The zero-order valence-electron chi connectivity index (χ0n) is 18.3. The standard InChI is InChI=1S/C12H23NO4S.C6H14N2O2S.CH4/c1-12(2,3)17-11(14)6-5-10-7-8-13(9-10)18(4,15)16;1-11(9,10)8-3-2-6(4-7)5-8;/h10H,5-9H2,1-4H3;6H,2-5,7H2,1H3;1H4. The molecule has 0 bridgehead atoms. The predicted octanol–water partition coefficient (Wildman–Crippen LogP) is 1.25. The molecule has 30 heavy (non-hydrogen) atoms. The molecule has 2 saturated heterocycles. The Morgan fingerprint density at radius 1 is 0.967 bits per heavy atom. The molecule has 2 fully saturated rings. The Morgan fingerprint density at radius 3 is 1.73 bits per heavy atom. The van der Waals surface area contributed by atoms with Gasteiger partial charge in [-0.15, -0.1) is 0 Å². The second kappa shape index (κ2) is 11.8. The molecule has 0 aromatic rings. The topological polar surface area (TPSA) is 127 Å². The van der Waals surface area contributed by atoms with Gasteiger partial charge in [-0.2, -0.15) is 0 Å². The fraction of sp³-hybridized carbons (Fsp3) is 0.947. The van der Waals surface area contributed by atoms with Gasteiger partial charge in [0.2, 0.25) is 20.0 Å². The molecule has 180 valence electrons. The molecule has 9 nitrogen and oxygen atoms in total. The van der Waals surface area contributed by atoms with E-state index in [1.807, 2.05) is 20.8 Å².